The number of hydrogen-bond donors (Lipinski definition) is 1. The smallest absolute Gasteiger partial charge is 0.328 e. The third-order valence-electron chi connectivity index (χ3n) is 5.32. The van der Waals surface area contributed by atoms with Crippen molar-refractivity contribution in [2.24, 2.45) is 0 Å². The molecule has 2 atom stereocenters. The van der Waals surface area contributed by atoms with Crippen LogP contribution < -0.4 is 5.56 Å². The Morgan fingerprint density at radius 1 is 1.14 bits per heavy atom. The fourth-order valence-electron chi connectivity index (χ4n) is 3.87. The molecule has 0 radical (unpaired) electrons. The number of hydrogen-bond acceptors (Lipinski definition) is 3. The van der Waals surface area contributed by atoms with Crippen LogP contribution in [0.3, 0.4) is 0 Å². The van der Waals surface area contributed by atoms with Crippen molar-refractivity contribution in [3.8, 4) is 11.1 Å². The van der Waals surface area contributed by atoms with Gasteiger partial charge in [0, 0.05) is 16.9 Å². The van der Waals surface area contributed by atoms with Gasteiger partial charge in [0.1, 0.15) is 6.04 Å². The highest BCUT2D eigenvalue weighted by Crippen LogP contribution is 2.45. The minimum Gasteiger partial charge on any atom is -0.480 e. The maximum Gasteiger partial charge on any atom is 0.328 e. The van der Waals surface area contributed by atoms with Crippen molar-refractivity contribution in [3.63, 3.8) is 0 Å². The molecule has 0 spiro atoms. The Morgan fingerprint density at radius 3 is 2.52 bits per heavy atom. The molecule has 3 rings (SSSR count). The lowest BCUT2D eigenvalue weighted by molar-refractivity contribution is -0.140. The topological polar surface area (TPSA) is 59.3 Å². The molecular weight excluding hydrogens is 396 g/mol. The van der Waals surface area contributed by atoms with Crippen molar-refractivity contribution in [3.05, 3.63) is 51.8 Å². The van der Waals surface area contributed by atoms with Crippen molar-refractivity contribution in [2.75, 3.05) is 0 Å². The number of carboxylic acids is 1. The Kier molecular flexibility index (Phi) is 6.77. The Hall–Kier alpha value is -2.15. The minimum absolute atomic E-state index is 0.343. The van der Waals surface area contributed by atoms with Crippen LogP contribution in [0.4, 0.5) is 8.78 Å². The van der Waals surface area contributed by atoms with Gasteiger partial charge in [0.05, 0.1) is 5.03 Å². The number of nitrogens with zero attached hydrogens (tertiary/aromatic N) is 1. The quantitative estimate of drug-likeness (QED) is 0.578. The van der Waals surface area contributed by atoms with E-state index in [0.717, 1.165) is 49.8 Å². The summed E-state index contributed by atoms with van der Waals surface area (Å²) in [5.74, 6) is -2.98. The van der Waals surface area contributed by atoms with E-state index in [2.05, 4.69) is 6.92 Å². The summed E-state index contributed by atoms with van der Waals surface area (Å²) in [7, 11) is 0. The van der Waals surface area contributed by atoms with Gasteiger partial charge in [-0.2, -0.15) is 0 Å². The molecule has 1 N–H and O–H groups in total. The Bertz CT molecular complexity index is 973. The number of halogens is 2. The maximum absolute atomic E-state index is 14.0. The second-order valence-electron chi connectivity index (χ2n) is 7.46. The molecule has 1 aromatic carbocycles. The number of pyridine rings is 1. The fraction of sp³-hybridized carbons (Fsp3) is 0.455. The van der Waals surface area contributed by atoms with Gasteiger partial charge in [0.25, 0.3) is 5.56 Å². The van der Waals surface area contributed by atoms with Gasteiger partial charge < -0.3 is 5.11 Å². The molecule has 2 heterocycles. The van der Waals surface area contributed by atoms with E-state index in [9.17, 15) is 23.5 Å². The monoisotopic (exact) mass is 421 g/mol. The van der Waals surface area contributed by atoms with Crippen LogP contribution in [0.25, 0.3) is 11.1 Å². The number of carboxylic acid groups (broad SMARTS) is 1. The summed E-state index contributed by atoms with van der Waals surface area (Å²) in [6.45, 7) is 3.90. The highest BCUT2D eigenvalue weighted by molar-refractivity contribution is 8.00. The van der Waals surface area contributed by atoms with E-state index in [-0.39, 0.29) is 10.8 Å². The molecule has 1 aromatic heterocycles. The number of unbranched alkanes of at least 4 members (excludes halogenated alkanes) is 4. The third-order valence-corrected chi connectivity index (χ3v) is 6.57. The Balaban J connectivity index is 2.10. The van der Waals surface area contributed by atoms with Crippen LogP contribution in [0.1, 0.15) is 57.6 Å². The zero-order valence-corrected chi connectivity index (χ0v) is 17.4. The van der Waals surface area contributed by atoms with Crippen LogP contribution >= 0.6 is 11.8 Å². The van der Waals surface area contributed by atoms with Crippen molar-refractivity contribution in [1.29, 1.82) is 0 Å². The molecule has 0 amide bonds. The fourth-order valence-corrected chi connectivity index (χ4v) is 5.27. The molecule has 29 heavy (non-hydrogen) atoms. The molecule has 1 aliphatic heterocycles. The number of aryl methyl sites for hydroxylation is 1. The predicted molar refractivity (Wildman–Crippen MR) is 111 cm³/mol. The summed E-state index contributed by atoms with van der Waals surface area (Å²) in [4.78, 5) is 24.5. The first-order valence-electron chi connectivity index (χ1n) is 9.98. The number of fused-ring (bicyclic) bond motifs is 1. The number of thioether (sulfide) groups is 1. The van der Waals surface area contributed by atoms with Crippen molar-refractivity contribution in [1.82, 2.24) is 4.57 Å². The molecule has 2 aromatic rings. The van der Waals surface area contributed by atoms with E-state index < -0.39 is 23.6 Å². The van der Waals surface area contributed by atoms with Crippen LogP contribution in [0, 0.1) is 11.6 Å². The lowest BCUT2D eigenvalue weighted by atomic mass is 9.96. The second-order valence-corrected chi connectivity index (χ2v) is 8.82. The van der Waals surface area contributed by atoms with E-state index in [1.807, 2.05) is 0 Å². The van der Waals surface area contributed by atoms with Crippen LogP contribution in [0.2, 0.25) is 0 Å². The molecular formula is C22H25F2NO3S. The second kappa shape index (κ2) is 9.11. The number of aromatic nitrogens is 1. The maximum atomic E-state index is 14.0. The van der Waals surface area contributed by atoms with E-state index in [1.54, 1.807) is 6.92 Å². The Labute approximate surface area is 172 Å². The highest BCUT2D eigenvalue weighted by Gasteiger charge is 2.38. The summed E-state index contributed by atoms with van der Waals surface area (Å²) >= 11 is 1.30. The van der Waals surface area contributed by atoms with E-state index in [1.165, 1.54) is 28.5 Å². The first-order chi connectivity index (χ1) is 13.8. The lowest BCUT2D eigenvalue weighted by Gasteiger charge is -2.17. The van der Waals surface area contributed by atoms with E-state index in [4.69, 9.17) is 0 Å². The standard InChI is InChI=1S/C22H25F2NO3S/c1-3-4-5-6-7-8-14-12-18(26)25-20(22(27)28)13(2)29-21(25)19(14)15-9-10-16(23)17(24)11-15/h9-13,20H,3-8H2,1-2H3,(H,27,28)/t13-,20?/m1/s1. The Morgan fingerprint density at radius 2 is 1.86 bits per heavy atom. The van der Waals surface area contributed by atoms with Crippen molar-refractivity contribution < 1.29 is 18.7 Å². The first-order valence-corrected chi connectivity index (χ1v) is 10.9. The number of aliphatic carboxylic acids is 1. The molecule has 156 valence electrons. The van der Waals surface area contributed by atoms with Crippen molar-refractivity contribution >= 4 is 17.7 Å². The van der Waals surface area contributed by atoms with Crippen LogP contribution in [-0.2, 0) is 11.2 Å². The molecule has 0 fully saturated rings. The largest absolute Gasteiger partial charge is 0.480 e. The van der Waals surface area contributed by atoms with Crippen LogP contribution in [0.15, 0.2) is 34.1 Å². The number of rotatable bonds is 8. The highest BCUT2D eigenvalue weighted by atomic mass is 32.2. The first kappa shape index (κ1) is 21.6. The summed E-state index contributed by atoms with van der Waals surface area (Å²) in [6, 6.07) is 4.16. The number of benzene rings is 1. The molecule has 7 heteroatoms. The predicted octanol–water partition coefficient (Wildman–Crippen LogP) is 5.43. The van der Waals surface area contributed by atoms with Gasteiger partial charge in [-0.3, -0.25) is 9.36 Å². The van der Waals surface area contributed by atoms with Gasteiger partial charge in [0.2, 0.25) is 0 Å². The van der Waals surface area contributed by atoms with Gasteiger partial charge in [-0.25, -0.2) is 13.6 Å². The van der Waals surface area contributed by atoms with Gasteiger partial charge in [-0.05, 0) is 36.1 Å². The average molecular weight is 422 g/mol. The zero-order chi connectivity index (χ0) is 21.1. The van der Waals surface area contributed by atoms with Gasteiger partial charge in [-0.1, -0.05) is 45.6 Å². The molecule has 0 aliphatic carbocycles. The summed E-state index contributed by atoms with van der Waals surface area (Å²) in [6.07, 6.45) is 5.91. The number of carbonyl (C=O) groups is 1. The van der Waals surface area contributed by atoms with Crippen molar-refractivity contribution in [2.45, 2.75) is 68.7 Å². The molecule has 4 nitrogen and oxygen atoms in total. The van der Waals surface area contributed by atoms with E-state index >= 15 is 0 Å². The molecule has 1 aliphatic rings. The minimum atomic E-state index is -1.07. The summed E-state index contributed by atoms with van der Waals surface area (Å²) < 4.78 is 28.7. The van der Waals surface area contributed by atoms with Gasteiger partial charge >= 0.3 is 5.97 Å². The van der Waals surface area contributed by atoms with Gasteiger partial charge in [-0.15, -0.1) is 11.8 Å². The summed E-state index contributed by atoms with van der Waals surface area (Å²) in [5, 5.41) is 9.78. The van der Waals surface area contributed by atoms with Gasteiger partial charge in [0.15, 0.2) is 11.6 Å². The normalized spacial score (nSPS) is 18.1. The van der Waals surface area contributed by atoms with Crippen LogP contribution in [0.5, 0.6) is 0 Å². The molecule has 0 saturated heterocycles. The third kappa shape index (κ3) is 4.39. The van der Waals surface area contributed by atoms with Crippen LogP contribution in [-0.4, -0.2) is 20.9 Å². The summed E-state index contributed by atoms with van der Waals surface area (Å²) in [5.41, 5.74) is 1.50. The molecule has 1 unspecified atom stereocenters. The zero-order valence-electron chi connectivity index (χ0n) is 16.6. The molecule has 0 saturated carbocycles. The lowest BCUT2D eigenvalue weighted by Crippen LogP contribution is -2.31. The molecule has 0 bridgehead atoms. The SMILES string of the molecule is CCCCCCCc1cc(=O)n2c(c1-c1ccc(F)c(F)c1)S[C@H](C)C2C(=O)O. The average Bonchev–Trinajstić information content (AvgIpc) is 3.01. The van der Waals surface area contributed by atoms with E-state index in [0.29, 0.717) is 22.6 Å².